The largest absolute Gasteiger partial charge is 0.469 e. The van der Waals surface area contributed by atoms with E-state index in [1.54, 1.807) is 6.26 Å². The van der Waals surface area contributed by atoms with Crippen LogP contribution in [0.5, 0.6) is 0 Å². The number of furan rings is 1. The van der Waals surface area contributed by atoms with Crippen LogP contribution in [0.2, 0.25) is 0 Å². The Balaban J connectivity index is 2.19. The average Bonchev–Trinajstić information content (AvgIpc) is 2.87. The van der Waals surface area contributed by atoms with Gasteiger partial charge in [-0.1, -0.05) is 19.1 Å². The number of anilines is 1. The molecule has 0 saturated carbocycles. The lowest BCUT2D eigenvalue weighted by molar-refractivity contribution is -0.145. The van der Waals surface area contributed by atoms with Crippen molar-refractivity contribution in [2.24, 2.45) is 5.92 Å². The molecule has 4 nitrogen and oxygen atoms in total. The van der Waals surface area contributed by atoms with E-state index in [4.69, 9.17) is 9.15 Å². The maximum atomic E-state index is 11.6. The minimum absolute atomic E-state index is 0.122. The Labute approximate surface area is 112 Å². The Morgan fingerprint density at radius 3 is 2.84 bits per heavy atom. The molecule has 0 aliphatic rings. The molecule has 1 aromatic heterocycles. The Kier molecular flexibility index (Phi) is 4.10. The van der Waals surface area contributed by atoms with Crippen molar-refractivity contribution in [3.63, 3.8) is 0 Å². The average molecular weight is 261 g/mol. The van der Waals surface area contributed by atoms with Gasteiger partial charge < -0.3 is 14.1 Å². The number of carbonyl (C=O) groups excluding carboxylic acids is 1. The number of methoxy groups -OCH3 is 1. The van der Waals surface area contributed by atoms with Gasteiger partial charge in [0.25, 0.3) is 0 Å². The van der Waals surface area contributed by atoms with Gasteiger partial charge in [-0.15, -0.1) is 0 Å². The van der Waals surface area contributed by atoms with E-state index in [0.717, 1.165) is 23.1 Å². The van der Waals surface area contributed by atoms with E-state index in [-0.39, 0.29) is 11.9 Å². The second-order valence-corrected chi connectivity index (χ2v) is 4.63. The zero-order chi connectivity index (χ0) is 13.8. The smallest absolute Gasteiger partial charge is 0.310 e. The molecular weight excluding hydrogens is 242 g/mol. The molecule has 1 heterocycles. The maximum absolute atomic E-state index is 11.6. The van der Waals surface area contributed by atoms with E-state index in [1.807, 2.05) is 43.1 Å². The molecule has 2 rings (SSSR count). The SMILES string of the molecule is CCC(CN(C)c1coc2ccccc12)C(=O)OC. The lowest BCUT2D eigenvalue weighted by Gasteiger charge is -2.22. The summed E-state index contributed by atoms with van der Waals surface area (Å²) in [7, 11) is 3.39. The van der Waals surface area contributed by atoms with E-state index in [9.17, 15) is 4.79 Å². The van der Waals surface area contributed by atoms with Crippen molar-refractivity contribution in [2.75, 3.05) is 25.6 Å². The van der Waals surface area contributed by atoms with Gasteiger partial charge in [0.1, 0.15) is 11.8 Å². The van der Waals surface area contributed by atoms with Crippen LogP contribution in [0.15, 0.2) is 34.9 Å². The van der Waals surface area contributed by atoms with Crippen molar-refractivity contribution in [3.05, 3.63) is 30.5 Å². The fraction of sp³-hybridized carbons (Fsp3) is 0.400. The minimum Gasteiger partial charge on any atom is -0.469 e. The van der Waals surface area contributed by atoms with Crippen LogP contribution in [0, 0.1) is 5.92 Å². The molecule has 0 aliphatic carbocycles. The summed E-state index contributed by atoms with van der Waals surface area (Å²) in [6.07, 6.45) is 2.49. The van der Waals surface area contributed by atoms with Gasteiger partial charge in [-0.3, -0.25) is 4.79 Å². The second-order valence-electron chi connectivity index (χ2n) is 4.63. The van der Waals surface area contributed by atoms with Crippen molar-refractivity contribution in [3.8, 4) is 0 Å². The summed E-state index contributed by atoms with van der Waals surface area (Å²) in [4.78, 5) is 13.7. The predicted octanol–water partition coefficient (Wildman–Crippen LogP) is 3.07. The van der Waals surface area contributed by atoms with E-state index in [0.29, 0.717) is 6.54 Å². The highest BCUT2D eigenvalue weighted by Gasteiger charge is 2.20. The lowest BCUT2D eigenvalue weighted by Crippen LogP contribution is -2.30. The number of ether oxygens (including phenoxy) is 1. The molecule has 0 spiro atoms. The molecule has 0 amide bonds. The second kappa shape index (κ2) is 5.78. The number of esters is 1. The molecule has 0 fully saturated rings. The maximum Gasteiger partial charge on any atom is 0.310 e. The van der Waals surface area contributed by atoms with Crippen LogP contribution in [0.25, 0.3) is 11.0 Å². The molecule has 102 valence electrons. The normalized spacial score (nSPS) is 12.4. The number of hydrogen-bond donors (Lipinski definition) is 0. The summed E-state index contributed by atoms with van der Waals surface area (Å²) in [5.74, 6) is -0.286. The summed E-state index contributed by atoms with van der Waals surface area (Å²) in [6, 6.07) is 7.87. The highest BCUT2D eigenvalue weighted by atomic mass is 16.5. The number of nitrogens with zero attached hydrogens (tertiary/aromatic N) is 1. The van der Waals surface area contributed by atoms with Crippen molar-refractivity contribution in [2.45, 2.75) is 13.3 Å². The third-order valence-corrected chi connectivity index (χ3v) is 3.39. The number of hydrogen-bond acceptors (Lipinski definition) is 4. The number of carbonyl (C=O) groups is 1. The van der Waals surface area contributed by atoms with Gasteiger partial charge >= 0.3 is 5.97 Å². The summed E-state index contributed by atoms with van der Waals surface area (Å²) in [5, 5.41) is 1.06. The first-order chi connectivity index (χ1) is 9.17. The van der Waals surface area contributed by atoms with Gasteiger partial charge in [0.15, 0.2) is 0 Å². The zero-order valence-electron chi connectivity index (χ0n) is 11.6. The molecule has 1 atom stereocenters. The fourth-order valence-electron chi connectivity index (χ4n) is 2.23. The molecule has 4 heteroatoms. The first kappa shape index (κ1) is 13.5. The molecule has 0 saturated heterocycles. The fourth-order valence-corrected chi connectivity index (χ4v) is 2.23. The highest BCUT2D eigenvalue weighted by Crippen LogP contribution is 2.28. The van der Waals surface area contributed by atoms with Crippen LogP contribution in [0.3, 0.4) is 0 Å². The molecule has 2 aromatic rings. The third-order valence-electron chi connectivity index (χ3n) is 3.39. The number of benzene rings is 1. The van der Waals surface area contributed by atoms with Crippen LogP contribution >= 0.6 is 0 Å². The standard InChI is InChI=1S/C15H19NO3/c1-4-11(15(17)18-3)9-16(2)13-10-19-14-8-6-5-7-12(13)14/h5-8,10-11H,4,9H2,1-3H3. The molecule has 19 heavy (non-hydrogen) atoms. The number of para-hydroxylation sites is 1. The Hall–Kier alpha value is -1.97. The molecule has 1 unspecified atom stereocenters. The molecule has 0 radical (unpaired) electrons. The van der Waals surface area contributed by atoms with Gasteiger partial charge in [-0.05, 0) is 18.6 Å². The van der Waals surface area contributed by atoms with Crippen molar-refractivity contribution in [1.82, 2.24) is 0 Å². The number of rotatable bonds is 5. The predicted molar refractivity (Wildman–Crippen MR) is 75.3 cm³/mol. The molecule has 0 aliphatic heterocycles. The van der Waals surface area contributed by atoms with Crippen LogP contribution in [-0.4, -0.2) is 26.7 Å². The van der Waals surface area contributed by atoms with Gasteiger partial charge in [-0.2, -0.15) is 0 Å². The molecule has 0 N–H and O–H groups in total. The van der Waals surface area contributed by atoms with Crippen LogP contribution in [0.4, 0.5) is 5.69 Å². The Morgan fingerprint density at radius 2 is 2.16 bits per heavy atom. The molecule has 1 aromatic carbocycles. The first-order valence-electron chi connectivity index (χ1n) is 6.42. The van der Waals surface area contributed by atoms with Crippen LogP contribution in [-0.2, 0) is 9.53 Å². The highest BCUT2D eigenvalue weighted by molar-refractivity contribution is 5.91. The lowest BCUT2D eigenvalue weighted by atomic mass is 10.1. The van der Waals surface area contributed by atoms with E-state index in [1.165, 1.54) is 7.11 Å². The third kappa shape index (κ3) is 2.72. The van der Waals surface area contributed by atoms with Gasteiger partial charge in [0, 0.05) is 19.0 Å². The van der Waals surface area contributed by atoms with E-state index < -0.39 is 0 Å². The van der Waals surface area contributed by atoms with Gasteiger partial charge in [0.2, 0.25) is 0 Å². The van der Waals surface area contributed by atoms with Crippen molar-refractivity contribution in [1.29, 1.82) is 0 Å². The van der Waals surface area contributed by atoms with Gasteiger partial charge in [-0.25, -0.2) is 0 Å². The van der Waals surface area contributed by atoms with E-state index >= 15 is 0 Å². The summed E-state index contributed by atoms with van der Waals surface area (Å²) in [5.41, 5.74) is 1.86. The summed E-state index contributed by atoms with van der Waals surface area (Å²) < 4.78 is 10.3. The summed E-state index contributed by atoms with van der Waals surface area (Å²) >= 11 is 0. The Morgan fingerprint density at radius 1 is 1.42 bits per heavy atom. The van der Waals surface area contributed by atoms with E-state index in [2.05, 4.69) is 0 Å². The zero-order valence-corrected chi connectivity index (χ0v) is 11.6. The summed E-state index contributed by atoms with van der Waals surface area (Å²) in [6.45, 7) is 2.61. The topological polar surface area (TPSA) is 42.7 Å². The monoisotopic (exact) mass is 261 g/mol. The van der Waals surface area contributed by atoms with Gasteiger partial charge in [0.05, 0.1) is 18.7 Å². The van der Waals surface area contributed by atoms with Crippen molar-refractivity contribution < 1.29 is 13.9 Å². The first-order valence-corrected chi connectivity index (χ1v) is 6.42. The molecule has 0 bridgehead atoms. The van der Waals surface area contributed by atoms with Crippen molar-refractivity contribution >= 4 is 22.6 Å². The Bertz CT molecular complexity index is 561. The molecular formula is C15H19NO3. The van der Waals surface area contributed by atoms with Crippen LogP contribution in [0.1, 0.15) is 13.3 Å². The minimum atomic E-state index is -0.165. The quantitative estimate of drug-likeness (QED) is 0.776. The van der Waals surface area contributed by atoms with Crippen LogP contribution < -0.4 is 4.90 Å². The number of fused-ring (bicyclic) bond motifs is 1.